The van der Waals surface area contributed by atoms with Crippen LogP contribution in [0.15, 0.2) is 315 Å². The Morgan fingerprint density at radius 1 is 0.448 bits per heavy atom. The second-order valence-electron chi connectivity index (χ2n) is 24.4. The summed E-state index contributed by atoms with van der Waals surface area (Å²) in [4.78, 5) is 4.90. The van der Waals surface area contributed by atoms with Crippen molar-refractivity contribution in [1.29, 1.82) is 0 Å². The maximum absolute atomic E-state index is 11.2. The monoisotopic (exact) mass is 1450 g/mol. The van der Waals surface area contributed by atoms with Crippen LogP contribution in [0.3, 0.4) is 0 Å². The fourth-order valence-corrected chi connectivity index (χ4v) is 17.4. The Labute approximate surface area is 599 Å². The molecule has 0 radical (unpaired) electrons. The van der Waals surface area contributed by atoms with E-state index in [4.69, 9.17) is 13.8 Å². The van der Waals surface area contributed by atoms with Gasteiger partial charge in [-0.25, -0.2) is 4.98 Å². The quantitative estimate of drug-likeness (QED) is 0.0593. The number of pyridine rings is 1. The van der Waals surface area contributed by atoms with Gasteiger partial charge < -0.3 is 18.4 Å². The fourth-order valence-electron chi connectivity index (χ4n) is 13.9. The number of ether oxygens (including phenoxy) is 1. The van der Waals surface area contributed by atoms with Gasteiger partial charge in [0.25, 0.3) is 6.33 Å². The van der Waals surface area contributed by atoms with Crippen LogP contribution in [0.1, 0.15) is 52.4 Å². The van der Waals surface area contributed by atoms with Gasteiger partial charge in [0.15, 0.2) is 8.07 Å². The molecule has 0 amide bonds. The third kappa shape index (κ3) is 9.39. The SMILES string of the molecule is [2H]c1c([2H])c([2H])c([Si](c2c([2H])c([2H])c([2H])c([2H])c2[2H])(c2c([2H])c([2H])c([2H])c([2H])c2[2H])c2c([2H])c([2H])c([2H])c(-c3cccc4c3-[n+]3[c-]n(-c5[c-]c(Oc6[c-]c7c(cc6)c6ccccc6n7-c6cc(C(C)(C)C)ccn6)ccc5)c5cc(-n6c7ccccc7c7ccccc76)cc(c53)-c3ccccc3-c3ccccc3-4)c2[2H])c([2H])c1[2H].[Pt]. The van der Waals surface area contributed by atoms with Crippen molar-refractivity contribution in [2.24, 2.45) is 0 Å². The molecule has 18 rings (SSSR count). The molecule has 17 aromatic rings. The molecule has 13 aromatic carbocycles. The largest absolute Gasteiger partial charge is 0.510 e. The van der Waals surface area contributed by atoms with Gasteiger partial charge in [0.05, 0.1) is 53.8 Å². The first-order chi connectivity index (χ1) is 54.6. The van der Waals surface area contributed by atoms with Gasteiger partial charge in [0, 0.05) is 60.7 Å². The predicted molar refractivity (Wildman–Crippen MR) is 392 cm³/mol. The van der Waals surface area contributed by atoms with Crippen LogP contribution < -0.4 is 30.1 Å². The Balaban J connectivity index is 0.00000953. The first kappa shape index (κ1) is 41.5. The number of hydrogen-bond acceptors (Lipinski definition) is 2. The molecule has 0 saturated carbocycles. The van der Waals surface area contributed by atoms with E-state index >= 15 is 0 Å². The van der Waals surface area contributed by atoms with Crippen molar-refractivity contribution in [3.05, 3.63) is 339 Å². The van der Waals surface area contributed by atoms with Gasteiger partial charge in [-0.3, -0.25) is 4.57 Å². The summed E-state index contributed by atoms with van der Waals surface area (Å²) in [6.45, 7) is 6.46. The summed E-state index contributed by atoms with van der Waals surface area (Å²) in [5, 5.41) is 0.111. The van der Waals surface area contributed by atoms with Crippen LogP contribution in [0, 0.1) is 18.5 Å². The first-order valence-electron chi connectivity index (χ1n) is 40.5. The van der Waals surface area contributed by atoms with Crippen LogP contribution in [-0.2, 0) is 26.5 Å². The minimum Gasteiger partial charge on any atom is -0.510 e. The van der Waals surface area contributed by atoms with E-state index in [1.54, 1.807) is 22.8 Å². The van der Waals surface area contributed by atoms with Crippen molar-refractivity contribution < 1.29 is 56.4 Å². The first-order valence-corrected chi connectivity index (χ1v) is 33.0. The fraction of sp³-hybridized carbons (Fsp3) is 0.0455. The minimum absolute atomic E-state index is 0. The molecule has 0 atom stereocenters. The topological polar surface area (TPSA) is 40.8 Å². The van der Waals surface area contributed by atoms with Crippen LogP contribution >= 0.6 is 0 Å². The van der Waals surface area contributed by atoms with Gasteiger partial charge in [0.1, 0.15) is 5.82 Å². The maximum Gasteiger partial charge on any atom is 0.268 e. The van der Waals surface area contributed by atoms with Crippen molar-refractivity contribution in [2.45, 2.75) is 26.2 Å². The van der Waals surface area contributed by atoms with Gasteiger partial charge >= 0.3 is 0 Å². The van der Waals surface area contributed by atoms with Crippen LogP contribution in [-0.4, -0.2) is 26.8 Å². The molecular formula is C88H61N5OPtSi-2. The van der Waals surface area contributed by atoms with Crippen LogP contribution in [0.4, 0.5) is 0 Å². The van der Waals surface area contributed by atoms with Crippen molar-refractivity contribution in [3.8, 4) is 78.9 Å². The number of para-hydroxylation sites is 4. The van der Waals surface area contributed by atoms with E-state index in [9.17, 15) is 21.9 Å². The summed E-state index contributed by atoms with van der Waals surface area (Å²) in [6, 6.07) is 49.9. The number of rotatable bonds is 10. The molecule has 0 saturated heterocycles. The summed E-state index contributed by atoms with van der Waals surface area (Å²) in [7, 11) is -6.31. The number of benzene rings is 13. The second-order valence-corrected chi connectivity index (χ2v) is 27.9. The van der Waals surface area contributed by atoms with E-state index in [1.165, 1.54) is 0 Å². The molecule has 96 heavy (non-hydrogen) atoms. The molecule has 1 aliphatic heterocycles. The molecule has 0 bridgehead atoms. The zero-order valence-corrected chi connectivity index (χ0v) is 54.8. The van der Waals surface area contributed by atoms with E-state index in [0.717, 1.165) is 65.9 Å². The minimum atomic E-state index is -6.31. The average Bonchev–Trinajstić information content (AvgIpc) is 1.37. The molecule has 6 nitrogen and oxygen atoms in total. The molecule has 4 aromatic heterocycles. The summed E-state index contributed by atoms with van der Waals surface area (Å²) < 4.78 is 199. The summed E-state index contributed by atoms with van der Waals surface area (Å²) in [5.41, 5.74) is 10.0. The van der Waals surface area contributed by atoms with Gasteiger partial charge in [-0.2, -0.15) is 18.2 Å². The Hall–Kier alpha value is -11.2. The molecular weight excluding hydrogens is 1370 g/mol. The van der Waals surface area contributed by atoms with Crippen LogP contribution in [0.2, 0.25) is 0 Å². The number of hydrogen-bond donors (Lipinski definition) is 0. The Kier molecular flexibility index (Phi) is 10.1. The molecule has 8 heteroatoms. The summed E-state index contributed by atoms with van der Waals surface area (Å²) in [5.74, 6) is 1.33. The third-order valence-corrected chi connectivity index (χ3v) is 22.1. The number of aromatic nitrogens is 5. The van der Waals surface area contributed by atoms with Crippen LogP contribution in [0.5, 0.6) is 11.5 Å². The molecule has 5 heterocycles. The van der Waals surface area contributed by atoms with Crippen molar-refractivity contribution >= 4 is 83.5 Å². The summed E-state index contributed by atoms with van der Waals surface area (Å²) >= 11 is 0. The van der Waals surface area contributed by atoms with Crippen LogP contribution in [0.25, 0.3) is 122 Å². The molecule has 0 aliphatic carbocycles. The van der Waals surface area contributed by atoms with Gasteiger partial charge in [-0.1, -0.05) is 262 Å². The predicted octanol–water partition coefficient (Wildman–Crippen LogP) is 18.3. The van der Waals surface area contributed by atoms with Gasteiger partial charge in [-0.05, 0) is 130 Å². The van der Waals surface area contributed by atoms with Crippen molar-refractivity contribution in [2.75, 3.05) is 0 Å². The smallest absolute Gasteiger partial charge is 0.268 e. The molecule has 0 fully saturated rings. The van der Waals surface area contributed by atoms with E-state index in [0.29, 0.717) is 50.7 Å². The standard InChI is InChI=1S/C88H61N5OSi.Pt/c1-88(2,3)60-50-51-89-85(53-60)93-82-47-22-19-42-76(82)77-49-48-64(57-83(77)93)94-63-28-24-27-61(54-63)90-58-91-86-69(59-26-23-35-68(52-59)95(65-29-7-4-8-30-65,66-31-9-5-10-32-66)67-33-11-6-12-34-67)43-25-44-78(86)72-38-15-13-36-70(72)71-37-14-16-39-73(71)79-55-62(56-84(90)87(79)91)92-80-45-20-17-40-74(80)75-41-18-21-46-81(75)92;/h4-53,55-56H,1-3H3;/q-2;/i4D,5D,6D,7D,8D,9D,10D,11D,12D,23D,26D,29D,30D,31D,32D,33D,34D,35D,52D;. The van der Waals surface area contributed by atoms with Gasteiger partial charge in [-0.15, -0.1) is 29.7 Å². The molecule has 0 N–H and O–H groups in total. The van der Waals surface area contributed by atoms with E-state index in [2.05, 4.69) is 90.8 Å². The van der Waals surface area contributed by atoms with E-state index < -0.39 is 149 Å². The normalized spacial score (nSPS) is 14.8. The average molecular weight is 1450 g/mol. The third-order valence-electron chi connectivity index (χ3n) is 18.1. The Bertz CT molecular complexity index is 6810. The maximum atomic E-state index is 11.2. The zero-order chi connectivity index (χ0) is 79.9. The Morgan fingerprint density at radius 2 is 0.969 bits per heavy atom. The molecule has 460 valence electrons. The molecule has 1 aliphatic rings. The van der Waals surface area contributed by atoms with E-state index in [-0.39, 0.29) is 43.5 Å². The zero-order valence-electron chi connectivity index (χ0n) is 70.5. The number of nitrogens with zero attached hydrogens (tertiary/aromatic N) is 5. The van der Waals surface area contributed by atoms with Crippen molar-refractivity contribution in [1.82, 2.24) is 18.7 Å². The number of imidazole rings is 1. The summed E-state index contributed by atoms with van der Waals surface area (Å²) in [6.07, 6.45) is 5.58. The molecule has 0 spiro atoms. The van der Waals surface area contributed by atoms with Gasteiger partial charge in [0.2, 0.25) is 0 Å². The Morgan fingerprint density at radius 3 is 1.59 bits per heavy atom. The van der Waals surface area contributed by atoms with E-state index in [1.807, 2.05) is 144 Å². The molecule has 0 unspecified atom stereocenters. The van der Waals surface area contributed by atoms with Crippen molar-refractivity contribution in [3.63, 3.8) is 0 Å². The number of fused-ring (bicyclic) bond motifs is 13. The second kappa shape index (κ2) is 23.4.